The van der Waals surface area contributed by atoms with E-state index in [1.807, 2.05) is 0 Å². The number of rotatable bonds is 3. The first-order chi connectivity index (χ1) is 10.2. The van der Waals surface area contributed by atoms with Crippen molar-refractivity contribution in [3.63, 3.8) is 0 Å². The van der Waals surface area contributed by atoms with E-state index >= 15 is 0 Å². The predicted molar refractivity (Wildman–Crippen MR) is 72.7 cm³/mol. The van der Waals surface area contributed by atoms with Crippen molar-refractivity contribution in [1.82, 2.24) is 20.1 Å². The van der Waals surface area contributed by atoms with Gasteiger partial charge >= 0.3 is 0 Å². The molecule has 2 heterocycles. The summed E-state index contributed by atoms with van der Waals surface area (Å²) in [5.74, 6) is 0.690. The highest BCUT2D eigenvalue weighted by atomic mass is 19.2. The van der Waals surface area contributed by atoms with E-state index in [9.17, 15) is 8.78 Å². The van der Waals surface area contributed by atoms with Crippen LogP contribution in [0.3, 0.4) is 0 Å². The number of nitrogens with zero attached hydrogens (tertiary/aromatic N) is 3. The molecule has 0 bridgehead atoms. The van der Waals surface area contributed by atoms with E-state index in [-0.39, 0.29) is 12.5 Å². The maximum atomic E-state index is 13.8. The zero-order chi connectivity index (χ0) is 14.4. The van der Waals surface area contributed by atoms with Gasteiger partial charge < -0.3 is 9.88 Å². The summed E-state index contributed by atoms with van der Waals surface area (Å²) in [5.41, 5.74) is 0.326. The lowest BCUT2D eigenvalue weighted by Gasteiger charge is -2.25. The minimum absolute atomic E-state index is 0.261. The van der Waals surface area contributed by atoms with Gasteiger partial charge in [0, 0.05) is 19.5 Å². The Balaban J connectivity index is 1.66. The van der Waals surface area contributed by atoms with Gasteiger partial charge in [-0.15, -0.1) is 10.2 Å². The van der Waals surface area contributed by atoms with Gasteiger partial charge in [-0.25, -0.2) is 8.78 Å². The molecule has 1 saturated carbocycles. The lowest BCUT2D eigenvalue weighted by Crippen LogP contribution is -2.35. The number of aromatic nitrogens is 3. The Morgan fingerprint density at radius 2 is 2.10 bits per heavy atom. The highest BCUT2D eigenvalue weighted by Gasteiger charge is 2.37. The molecule has 2 aliphatic rings. The van der Waals surface area contributed by atoms with Crippen LogP contribution < -0.4 is 5.32 Å². The van der Waals surface area contributed by atoms with Crippen molar-refractivity contribution in [1.29, 1.82) is 0 Å². The van der Waals surface area contributed by atoms with E-state index < -0.39 is 11.6 Å². The smallest absolute Gasteiger partial charge is 0.162 e. The fourth-order valence-electron chi connectivity index (χ4n) is 3.04. The van der Waals surface area contributed by atoms with Crippen LogP contribution in [0.1, 0.15) is 36.1 Å². The molecule has 21 heavy (non-hydrogen) atoms. The first-order valence-electron chi connectivity index (χ1n) is 7.32. The number of benzene rings is 1. The summed E-state index contributed by atoms with van der Waals surface area (Å²) >= 11 is 0. The summed E-state index contributed by atoms with van der Waals surface area (Å²) in [6.07, 6.45) is 2.71. The summed E-state index contributed by atoms with van der Waals surface area (Å²) in [7, 11) is 0. The van der Waals surface area contributed by atoms with Crippen molar-refractivity contribution < 1.29 is 8.78 Å². The lowest BCUT2D eigenvalue weighted by molar-refractivity contribution is 0.377. The quantitative estimate of drug-likeness (QED) is 0.942. The molecule has 1 aliphatic heterocycles. The SMILES string of the molecule is Fc1cccc(Cc2nnc3n2CCNC3C2CC2)c1F. The Labute approximate surface area is 121 Å². The third-order valence-corrected chi connectivity index (χ3v) is 4.31. The molecule has 1 aliphatic carbocycles. The number of nitrogens with one attached hydrogen (secondary N) is 1. The molecular formula is C15H16F2N4. The second-order valence-corrected chi connectivity index (χ2v) is 5.79. The van der Waals surface area contributed by atoms with Gasteiger partial charge in [0.25, 0.3) is 0 Å². The van der Waals surface area contributed by atoms with Gasteiger partial charge in [0.1, 0.15) is 5.82 Å². The summed E-state index contributed by atoms with van der Waals surface area (Å²) in [6, 6.07) is 4.51. The van der Waals surface area contributed by atoms with Crippen molar-refractivity contribution >= 4 is 0 Å². The molecular weight excluding hydrogens is 274 g/mol. The zero-order valence-electron chi connectivity index (χ0n) is 11.5. The highest BCUT2D eigenvalue weighted by Crippen LogP contribution is 2.41. The molecule has 1 aromatic carbocycles. The number of fused-ring (bicyclic) bond motifs is 1. The first kappa shape index (κ1) is 12.9. The fraction of sp³-hybridized carbons (Fsp3) is 0.467. The van der Waals surface area contributed by atoms with E-state index in [0.717, 1.165) is 25.0 Å². The molecule has 1 aromatic heterocycles. The van der Waals surface area contributed by atoms with Crippen molar-refractivity contribution in [2.45, 2.75) is 31.8 Å². The Bertz CT molecular complexity index is 678. The van der Waals surface area contributed by atoms with Gasteiger partial charge in [0.2, 0.25) is 0 Å². The van der Waals surface area contributed by atoms with Crippen molar-refractivity contribution in [2.75, 3.05) is 6.54 Å². The molecule has 1 atom stereocenters. The Morgan fingerprint density at radius 1 is 1.24 bits per heavy atom. The van der Waals surface area contributed by atoms with Crippen LogP contribution in [0.4, 0.5) is 8.78 Å². The van der Waals surface area contributed by atoms with Crippen LogP contribution in [0.25, 0.3) is 0 Å². The standard InChI is InChI=1S/C15H16F2N4/c16-11-3-1-2-10(13(11)17)8-12-19-20-15-14(9-4-5-9)18-6-7-21(12)15/h1-3,9,14,18H,4-8H2. The van der Waals surface area contributed by atoms with Crippen LogP contribution in [0.2, 0.25) is 0 Å². The molecule has 0 saturated heterocycles. The average Bonchev–Trinajstić information content (AvgIpc) is 3.26. The van der Waals surface area contributed by atoms with Crippen LogP contribution in [-0.4, -0.2) is 21.3 Å². The lowest BCUT2D eigenvalue weighted by atomic mass is 10.1. The molecule has 0 radical (unpaired) electrons. The van der Waals surface area contributed by atoms with Crippen molar-refractivity contribution in [2.24, 2.45) is 5.92 Å². The second kappa shape index (κ2) is 4.87. The Kier molecular flexibility index (Phi) is 2.99. The maximum absolute atomic E-state index is 13.8. The summed E-state index contributed by atoms with van der Waals surface area (Å²) in [4.78, 5) is 0. The van der Waals surface area contributed by atoms with Crippen LogP contribution in [0.5, 0.6) is 0 Å². The van der Waals surface area contributed by atoms with E-state index in [0.29, 0.717) is 17.3 Å². The number of halogens is 2. The molecule has 1 fully saturated rings. The molecule has 2 aromatic rings. The van der Waals surface area contributed by atoms with E-state index in [4.69, 9.17) is 0 Å². The minimum atomic E-state index is -0.816. The molecule has 6 heteroatoms. The van der Waals surface area contributed by atoms with Gasteiger partial charge in [-0.1, -0.05) is 12.1 Å². The molecule has 110 valence electrons. The van der Waals surface area contributed by atoms with Gasteiger partial charge in [-0.2, -0.15) is 0 Å². The topological polar surface area (TPSA) is 42.7 Å². The van der Waals surface area contributed by atoms with Crippen LogP contribution in [0.15, 0.2) is 18.2 Å². The normalized spacial score (nSPS) is 21.3. The largest absolute Gasteiger partial charge is 0.312 e. The molecule has 4 rings (SSSR count). The first-order valence-corrected chi connectivity index (χ1v) is 7.32. The van der Waals surface area contributed by atoms with Crippen LogP contribution in [-0.2, 0) is 13.0 Å². The third-order valence-electron chi connectivity index (χ3n) is 4.31. The summed E-state index contributed by atoms with van der Waals surface area (Å²) < 4.78 is 29.2. The van der Waals surface area contributed by atoms with Gasteiger partial charge in [0.05, 0.1) is 6.04 Å². The Hall–Kier alpha value is -1.82. The van der Waals surface area contributed by atoms with Crippen molar-refractivity contribution in [3.05, 3.63) is 47.0 Å². The molecule has 1 N–H and O–H groups in total. The summed E-state index contributed by atoms with van der Waals surface area (Å²) in [6.45, 7) is 1.64. The van der Waals surface area contributed by atoms with Gasteiger partial charge in [0.15, 0.2) is 17.5 Å². The second-order valence-electron chi connectivity index (χ2n) is 5.79. The monoisotopic (exact) mass is 290 g/mol. The van der Waals surface area contributed by atoms with Gasteiger partial charge in [-0.3, -0.25) is 0 Å². The van der Waals surface area contributed by atoms with Gasteiger partial charge in [-0.05, 0) is 30.4 Å². The summed E-state index contributed by atoms with van der Waals surface area (Å²) in [5, 5.41) is 12.0. The highest BCUT2D eigenvalue weighted by molar-refractivity contribution is 5.23. The van der Waals surface area contributed by atoms with E-state index in [1.165, 1.54) is 18.9 Å². The molecule has 0 amide bonds. The van der Waals surface area contributed by atoms with E-state index in [2.05, 4.69) is 20.1 Å². The van der Waals surface area contributed by atoms with Crippen LogP contribution >= 0.6 is 0 Å². The van der Waals surface area contributed by atoms with Crippen molar-refractivity contribution in [3.8, 4) is 0 Å². The molecule has 1 unspecified atom stereocenters. The van der Waals surface area contributed by atoms with E-state index in [1.54, 1.807) is 6.07 Å². The number of hydrogen-bond donors (Lipinski definition) is 1. The van der Waals surface area contributed by atoms with Crippen LogP contribution in [0, 0.1) is 17.6 Å². The fourth-order valence-corrected chi connectivity index (χ4v) is 3.04. The Morgan fingerprint density at radius 3 is 2.90 bits per heavy atom. The average molecular weight is 290 g/mol. The third kappa shape index (κ3) is 2.23. The minimum Gasteiger partial charge on any atom is -0.312 e. The predicted octanol–water partition coefficient (Wildman–Crippen LogP) is 2.20. The zero-order valence-corrected chi connectivity index (χ0v) is 11.5. The maximum Gasteiger partial charge on any atom is 0.162 e. The molecule has 4 nitrogen and oxygen atoms in total. The number of hydrogen-bond acceptors (Lipinski definition) is 3. The molecule has 0 spiro atoms.